The Morgan fingerprint density at radius 2 is 2.11 bits per heavy atom. The maximum atomic E-state index is 5.72. The lowest BCUT2D eigenvalue weighted by Gasteiger charge is -2.19. The van der Waals surface area contributed by atoms with Crippen molar-refractivity contribution >= 4 is 29.2 Å². The maximum Gasteiger partial charge on any atom is 0.164 e. The number of anilines is 3. The van der Waals surface area contributed by atoms with Crippen molar-refractivity contribution in [2.45, 2.75) is 13.3 Å². The maximum absolute atomic E-state index is 5.72. The topological polar surface area (TPSA) is 79.0 Å². The van der Waals surface area contributed by atoms with Gasteiger partial charge in [-0.1, -0.05) is 12.1 Å². The SMILES string of the molecule is CSCCN(C)c1cc(Nc2cc(C)[nH]n2)nc(-c2ccc3c(c2)OCC3)n1. The summed E-state index contributed by atoms with van der Waals surface area (Å²) in [5.41, 5.74) is 3.18. The molecule has 0 bridgehead atoms. The second-order valence-electron chi connectivity index (χ2n) is 6.83. The largest absolute Gasteiger partial charge is 0.493 e. The number of nitrogens with zero attached hydrogens (tertiary/aromatic N) is 4. The van der Waals surface area contributed by atoms with E-state index in [1.807, 2.05) is 36.9 Å². The van der Waals surface area contributed by atoms with E-state index in [1.54, 1.807) is 0 Å². The Kier molecular flexibility index (Phi) is 5.38. The Hall–Kier alpha value is -2.74. The van der Waals surface area contributed by atoms with Gasteiger partial charge in [-0.3, -0.25) is 5.10 Å². The summed E-state index contributed by atoms with van der Waals surface area (Å²) in [6, 6.07) is 10.1. The molecule has 0 atom stereocenters. The minimum Gasteiger partial charge on any atom is -0.493 e. The highest BCUT2D eigenvalue weighted by Gasteiger charge is 2.16. The molecule has 8 heteroatoms. The Morgan fingerprint density at radius 1 is 1.21 bits per heavy atom. The molecular formula is C20H24N6OS. The summed E-state index contributed by atoms with van der Waals surface area (Å²) in [5.74, 6) is 4.95. The van der Waals surface area contributed by atoms with E-state index < -0.39 is 0 Å². The van der Waals surface area contributed by atoms with Crippen molar-refractivity contribution in [3.63, 3.8) is 0 Å². The van der Waals surface area contributed by atoms with Crippen LogP contribution in [0.25, 0.3) is 11.4 Å². The molecular weight excluding hydrogens is 372 g/mol. The number of aromatic amines is 1. The molecule has 146 valence electrons. The van der Waals surface area contributed by atoms with E-state index in [2.05, 4.69) is 45.9 Å². The highest BCUT2D eigenvalue weighted by molar-refractivity contribution is 7.98. The van der Waals surface area contributed by atoms with Gasteiger partial charge in [-0.05, 0) is 24.8 Å². The molecule has 1 aliphatic rings. The number of hydrogen-bond acceptors (Lipinski definition) is 7. The zero-order valence-electron chi connectivity index (χ0n) is 16.3. The van der Waals surface area contributed by atoms with Gasteiger partial charge in [0.15, 0.2) is 11.6 Å². The molecule has 1 aromatic carbocycles. The Bertz CT molecular complexity index is 973. The first kappa shape index (κ1) is 18.6. The Labute approximate surface area is 168 Å². The lowest BCUT2D eigenvalue weighted by Crippen LogP contribution is -2.22. The molecule has 3 aromatic rings. The molecule has 28 heavy (non-hydrogen) atoms. The van der Waals surface area contributed by atoms with Crippen LogP contribution in [-0.2, 0) is 6.42 Å². The van der Waals surface area contributed by atoms with E-state index in [9.17, 15) is 0 Å². The second kappa shape index (κ2) is 8.10. The number of benzene rings is 1. The normalized spacial score (nSPS) is 12.5. The fraction of sp³-hybridized carbons (Fsp3) is 0.350. The number of H-pyrrole nitrogens is 1. The van der Waals surface area contributed by atoms with Crippen LogP contribution in [0.5, 0.6) is 5.75 Å². The van der Waals surface area contributed by atoms with Crippen LogP contribution < -0.4 is 15.0 Å². The van der Waals surface area contributed by atoms with Crippen molar-refractivity contribution in [2.75, 3.05) is 42.4 Å². The molecule has 0 spiro atoms. The van der Waals surface area contributed by atoms with Crippen molar-refractivity contribution in [3.05, 3.63) is 41.6 Å². The van der Waals surface area contributed by atoms with Gasteiger partial charge < -0.3 is 15.0 Å². The van der Waals surface area contributed by atoms with E-state index in [0.717, 1.165) is 54.0 Å². The molecule has 0 unspecified atom stereocenters. The smallest absolute Gasteiger partial charge is 0.164 e. The molecule has 0 radical (unpaired) electrons. The zero-order chi connectivity index (χ0) is 19.5. The summed E-state index contributed by atoms with van der Waals surface area (Å²) in [5, 5.41) is 10.5. The highest BCUT2D eigenvalue weighted by atomic mass is 32.2. The lowest BCUT2D eigenvalue weighted by molar-refractivity contribution is 0.357. The quantitative estimate of drug-likeness (QED) is 0.631. The van der Waals surface area contributed by atoms with Gasteiger partial charge >= 0.3 is 0 Å². The third-order valence-corrected chi connectivity index (χ3v) is 5.24. The number of nitrogens with one attached hydrogen (secondary N) is 2. The summed E-state index contributed by atoms with van der Waals surface area (Å²) in [6.07, 6.45) is 3.07. The number of fused-ring (bicyclic) bond motifs is 1. The van der Waals surface area contributed by atoms with Gasteiger partial charge in [0, 0.05) is 49.2 Å². The van der Waals surface area contributed by atoms with Crippen LogP contribution in [0.2, 0.25) is 0 Å². The fourth-order valence-corrected chi connectivity index (χ4v) is 3.54. The van der Waals surface area contributed by atoms with Gasteiger partial charge in [-0.15, -0.1) is 0 Å². The number of aryl methyl sites for hydroxylation is 1. The summed E-state index contributed by atoms with van der Waals surface area (Å²) >= 11 is 1.82. The minimum atomic E-state index is 0.668. The summed E-state index contributed by atoms with van der Waals surface area (Å²) < 4.78 is 5.72. The van der Waals surface area contributed by atoms with E-state index >= 15 is 0 Å². The van der Waals surface area contributed by atoms with E-state index in [0.29, 0.717) is 11.6 Å². The number of aromatic nitrogens is 4. The lowest BCUT2D eigenvalue weighted by atomic mass is 10.1. The average Bonchev–Trinajstić information content (AvgIpc) is 3.33. The second-order valence-corrected chi connectivity index (χ2v) is 7.82. The molecule has 1 aliphatic heterocycles. The van der Waals surface area contributed by atoms with E-state index in [-0.39, 0.29) is 0 Å². The van der Waals surface area contributed by atoms with Gasteiger partial charge in [0.2, 0.25) is 0 Å². The summed E-state index contributed by atoms with van der Waals surface area (Å²) in [7, 11) is 2.05. The van der Waals surface area contributed by atoms with Gasteiger partial charge in [-0.25, -0.2) is 9.97 Å². The molecule has 2 aromatic heterocycles. The van der Waals surface area contributed by atoms with Crippen molar-refractivity contribution < 1.29 is 4.74 Å². The van der Waals surface area contributed by atoms with Crippen molar-refractivity contribution in [1.82, 2.24) is 20.2 Å². The molecule has 0 saturated heterocycles. The molecule has 0 amide bonds. The van der Waals surface area contributed by atoms with Crippen LogP contribution in [0, 0.1) is 6.92 Å². The third-order valence-electron chi connectivity index (χ3n) is 4.65. The number of hydrogen-bond donors (Lipinski definition) is 2. The molecule has 0 saturated carbocycles. The van der Waals surface area contributed by atoms with Gasteiger partial charge in [0.25, 0.3) is 0 Å². The van der Waals surface area contributed by atoms with Crippen LogP contribution in [0.3, 0.4) is 0 Å². The van der Waals surface area contributed by atoms with Gasteiger partial charge in [0.05, 0.1) is 6.61 Å². The predicted molar refractivity (Wildman–Crippen MR) is 115 cm³/mol. The van der Waals surface area contributed by atoms with Crippen molar-refractivity contribution in [1.29, 1.82) is 0 Å². The first-order chi connectivity index (χ1) is 13.6. The monoisotopic (exact) mass is 396 g/mol. The van der Waals surface area contributed by atoms with Crippen molar-refractivity contribution in [2.24, 2.45) is 0 Å². The summed E-state index contributed by atoms with van der Waals surface area (Å²) in [6.45, 7) is 3.62. The molecule has 3 heterocycles. The van der Waals surface area contributed by atoms with E-state index in [1.165, 1.54) is 5.56 Å². The van der Waals surface area contributed by atoms with Crippen LogP contribution >= 0.6 is 11.8 Å². The minimum absolute atomic E-state index is 0.668. The zero-order valence-corrected chi connectivity index (χ0v) is 17.1. The predicted octanol–water partition coefficient (Wildman–Crippen LogP) is 3.65. The standard InChI is InChI=1S/C20H24N6OS/c1-13-10-18(25-24-13)21-17-12-19(26(2)7-9-28-3)23-20(22-17)15-5-4-14-6-8-27-16(14)11-15/h4-5,10-12H,6-9H2,1-3H3,(H2,21,22,23,24,25). The molecule has 0 fully saturated rings. The average molecular weight is 397 g/mol. The summed E-state index contributed by atoms with van der Waals surface area (Å²) in [4.78, 5) is 11.7. The van der Waals surface area contributed by atoms with Crippen LogP contribution in [0.15, 0.2) is 30.3 Å². The van der Waals surface area contributed by atoms with E-state index in [4.69, 9.17) is 14.7 Å². The number of ether oxygens (including phenoxy) is 1. The Balaban J connectivity index is 1.70. The molecule has 0 aliphatic carbocycles. The van der Waals surface area contributed by atoms with Gasteiger partial charge in [-0.2, -0.15) is 16.9 Å². The van der Waals surface area contributed by atoms with Crippen molar-refractivity contribution in [3.8, 4) is 17.1 Å². The highest BCUT2D eigenvalue weighted by Crippen LogP contribution is 2.31. The number of rotatable bonds is 7. The van der Waals surface area contributed by atoms with Gasteiger partial charge in [0.1, 0.15) is 17.4 Å². The van der Waals surface area contributed by atoms with Crippen LogP contribution in [0.1, 0.15) is 11.3 Å². The first-order valence-corrected chi connectivity index (χ1v) is 10.7. The number of thioether (sulfide) groups is 1. The van der Waals surface area contributed by atoms with Crippen LogP contribution in [0.4, 0.5) is 17.5 Å². The van der Waals surface area contributed by atoms with Crippen LogP contribution in [-0.4, -0.2) is 52.4 Å². The Morgan fingerprint density at radius 3 is 2.89 bits per heavy atom. The molecule has 7 nitrogen and oxygen atoms in total. The molecule has 2 N–H and O–H groups in total. The molecule has 4 rings (SSSR count). The first-order valence-electron chi connectivity index (χ1n) is 9.26. The third kappa shape index (κ3) is 4.06. The fourth-order valence-electron chi connectivity index (χ4n) is 3.08.